The van der Waals surface area contributed by atoms with Gasteiger partial charge in [0.05, 0.1) is 13.2 Å². The molecule has 0 saturated heterocycles. The molecule has 0 rings (SSSR count). The van der Waals surface area contributed by atoms with Crippen LogP contribution in [0.2, 0.25) is 0 Å². The minimum atomic E-state index is -3.25. The Morgan fingerprint density at radius 3 is 1.92 bits per heavy atom. The van der Waals surface area contributed by atoms with Crippen molar-refractivity contribution in [2.45, 2.75) is 33.0 Å². The molecule has 0 amide bonds. The zero-order valence-corrected chi connectivity index (χ0v) is 8.71. The van der Waals surface area contributed by atoms with Crippen LogP contribution in [0.1, 0.15) is 27.2 Å². The van der Waals surface area contributed by atoms with Crippen LogP contribution in [-0.4, -0.2) is 24.2 Å². The molecule has 0 aliphatic rings. The van der Waals surface area contributed by atoms with Gasteiger partial charge in [-0.25, -0.2) is 0 Å². The highest BCUT2D eigenvalue weighted by Crippen LogP contribution is 2.52. The third-order valence-corrected chi connectivity index (χ3v) is 3.68. The summed E-state index contributed by atoms with van der Waals surface area (Å²) < 4.78 is 21.5. The molecule has 0 aromatic rings. The van der Waals surface area contributed by atoms with E-state index in [2.05, 4.69) is 0 Å². The minimum Gasteiger partial charge on any atom is -0.380 e. The summed E-state index contributed by atoms with van der Waals surface area (Å²) in [5.74, 6) is -1.00. The Morgan fingerprint density at radius 1 is 1.25 bits per heavy atom. The van der Waals surface area contributed by atoms with Crippen LogP contribution in [0, 0.1) is 0 Å². The largest absolute Gasteiger partial charge is 0.380 e. The molecule has 0 unspecified atom stereocenters. The van der Waals surface area contributed by atoms with Gasteiger partial charge in [0.2, 0.25) is 0 Å². The van der Waals surface area contributed by atoms with Crippen LogP contribution in [0.25, 0.3) is 0 Å². The summed E-state index contributed by atoms with van der Waals surface area (Å²) in [4.78, 5) is 0. The topological polar surface area (TPSA) is 55.8 Å². The monoisotopic (exact) mass is 196 g/mol. The summed E-state index contributed by atoms with van der Waals surface area (Å²) >= 11 is 0. The Bertz CT molecular complexity index is 149. The van der Waals surface area contributed by atoms with Crippen LogP contribution in [0.5, 0.6) is 0 Å². The van der Waals surface area contributed by atoms with E-state index in [1.807, 2.05) is 0 Å². The lowest BCUT2D eigenvalue weighted by Gasteiger charge is -2.20. The van der Waals surface area contributed by atoms with E-state index >= 15 is 0 Å². The van der Waals surface area contributed by atoms with Gasteiger partial charge in [-0.15, -0.1) is 0 Å². The lowest BCUT2D eigenvalue weighted by atomic mass is 10.5. The van der Waals surface area contributed by atoms with Crippen molar-refractivity contribution in [2.24, 2.45) is 0 Å². The van der Waals surface area contributed by atoms with Crippen LogP contribution >= 0.6 is 7.60 Å². The number of rotatable bonds is 6. The second-order valence-electron chi connectivity index (χ2n) is 2.26. The highest BCUT2D eigenvalue weighted by Gasteiger charge is 2.32. The molecular formula is C7H17O4P. The minimum absolute atomic E-state index is 0.286. The molecule has 0 aliphatic carbocycles. The number of aliphatic hydroxyl groups excluding tert-OH is 1. The second kappa shape index (κ2) is 5.70. The van der Waals surface area contributed by atoms with Gasteiger partial charge >= 0.3 is 7.60 Å². The van der Waals surface area contributed by atoms with Crippen LogP contribution in [0.3, 0.4) is 0 Å². The van der Waals surface area contributed by atoms with Gasteiger partial charge in [-0.05, 0) is 20.3 Å². The Balaban J connectivity index is 4.27. The lowest BCUT2D eigenvalue weighted by Crippen LogP contribution is -2.11. The summed E-state index contributed by atoms with van der Waals surface area (Å²) in [6, 6.07) is 0. The highest BCUT2D eigenvalue weighted by molar-refractivity contribution is 7.54. The van der Waals surface area contributed by atoms with E-state index in [9.17, 15) is 9.67 Å². The van der Waals surface area contributed by atoms with Gasteiger partial charge in [-0.1, -0.05) is 6.92 Å². The maximum atomic E-state index is 11.6. The fourth-order valence-corrected chi connectivity index (χ4v) is 2.38. The SMILES string of the molecule is CCOP(=O)(OCC)[C@H](O)CC. The lowest BCUT2D eigenvalue weighted by molar-refractivity contribution is 0.147. The summed E-state index contributed by atoms with van der Waals surface area (Å²) in [7, 11) is -3.25. The van der Waals surface area contributed by atoms with Gasteiger partial charge in [-0.2, -0.15) is 0 Å². The van der Waals surface area contributed by atoms with Gasteiger partial charge in [0, 0.05) is 0 Å². The zero-order chi connectivity index (χ0) is 9.61. The van der Waals surface area contributed by atoms with Gasteiger partial charge < -0.3 is 14.2 Å². The number of hydrogen-bond donors (Lipinski definition) is 1. The van der Waals surface area contributed by atoms with Gasteiger partial charge in [0.15, 0.2) is 5.85 Å². The van der Waals surface area contributed by atoms with Gasteiger partial charge in [0.1, 0.15) is 0 Å². The van der Waals surface area contributed by atoms with Crippen LogP contribution in [0.4, 0.5) is 0 Å². The van der Waals surface area contributed by atoms with Crippen molar-refractivity contribution < 1.29 is 18.7 Å². The fraction of sp³-hybridized carbons (Fsp3) is 1.00. The van der Waals surface area contributed by atoms with E-state index in [-0.39, 0.29) is 13.2 Å². The van der Waals surface area contributed by atoms with Gasteiger partial charge in [0.25, 0.3) is 0 Å². The molecule has 12 heavy (non-hydrogen) atoms. The van der Waals surface area contributed by atoms with E-state index in [4.69, 9.17) is 9.05 Å². The molecule has 5 heteroatoms. The number of aliphatic hydroxyl groups is 1. The zero-order valence-electron chi connectivity index (χ0n) is 7.82. The third kappa shape index (κ3) is 3.23. The Kier molecular flexibility index (Phi) is 5.76. The van der Waals surface area contributed by atoms with Crippen molar-refractivity contribution in [1.82, 2.24) is 0 Å². The Hall–Kier alpha value is 0.110. The first kappa shape index (κ1) is 12.1. The quantitative estimate of drug-likeness (QED) is 0.660. The smallest absolute Gasteiger partial charge is 0.358 e. The third-order valence-electron chi connectivity index (χ3n) is 1.35. The molecule has 0 aromatic carbocycles. The predicted molar refractivity (Wildman–Crippen MR) is 47.2 cm³/mol. The van der Waals surface area contributed by atoms with E-state index in [1.165, 1.54) is 0 Å². The molecule has 1 atom stereocenters. The fourth-order valence-electron chi connectivity index (χ4n) is 0.793. The standard InChI is InChI=1S/C7H17O4P/c1-4-7(8)12(9,10-5-2)11-6-3/h7-8H,4-6H2,1-3H3/t7-/m0/s1. The van der Waals surface area contributed by atoms with Crippen LogP contribution in [0.15, 0.2) is 0 Å². The van der Waals surface area contributed by atoms with E-state index in [0.717, 1.165) is 0 Å². The van der Waals surface area contributed by atoms with Crippen LogP contribution < -0.4 is 0 Å². The molecular weight excluding hydrogens is 179 g/mol. The van der Waals surface area contributed by atoms with Crippen molar-refractivity contribution in [2.75, 3.05) is 13.2 Å². The van der Waals surface area contributed by atoms with E-state index in [1.54, 1.807) is 20.8 Å². The molecule has 1 N–H and O–H groups in total. The van der Waals surface area contributed by atoms with Crippen molar-refractivity contribution >= 4 is 7.60 Å². The second-order valence-corrected chi connectivity index (χ2v) is 4.46. The first-order chi connectivity index (χ1) is 5.60. The maximum Gasteiger partial charge on any atom is 0.358 e. The Morgan fingerprint density at radius 2 is 1.67 bits per heavy atom. The average Bonchev–Trinajstić information content (AvgIpc) is 2.04. The van der Waals surface area contributed by atoms with Crippen molar-refractivity contribution in [3.63, 3.8) is 0 Å². The van der Waals surface area contributed by atoms with Crippen molar-refractivity contribution in [3.05, 3.63) is 0 Å². The van der Waals surface area contributed by atoms with Crippen molar-refractivity contribution in [3.8, 4) is 0 Å². The Labute approximate surface area is 73.4 Å². The summed E-state index contributed by atoms with van der Waals surface area (Å²) in [5, 5.41) is 9.33. The molecule has 0 aliphatic heterocycles. The van der Waals surface area contributed by atoms with E-state index < -0.39 is 13.4 Å². The molecule has 0 fully saturated rings. The molecule has 4 nitrogen and oxygen atoms in total. The number of hydrogen-bond acceptors (Lipinski definition) is 4. The first-order valence-corrected chi connectivity index (χ1v) is 5.78. The molecule has 0 heterocycles. The normalized spacial score (nSPS) is 14.7. The molecule has 0 aromatic heterocycles. The molecule has 0 saturated carbocycles. The van der Waals surface area contributed by atoms with Gasteiger partial charge in [-0.3, -0.25) is 4.57 Å². The highest BCUT2D eigenvalue weighted by atomic mass is 31.2. The van der Waals surface area contributed by atoms with Crippen LogP contribution in [-0.2, 0) is 13.6 Å². The molecule has 74 valence electrons. The summed E-state index contributed by atoms with van der Waals surface area (Å²) in [6.07, 6.45) is 0.372. The molecule has 0 spiro atoms. The molecule has 0 bridgehead atoms. The molecule has 0 radical (unpaired) electrons. The summed E-state index contributed by atoms with van der Waals surface area (Å²) in [6.45, 7) is 5.74. The maximum absolute atomic E-state index is 11.6. The first-order valence-electron chi connectivity index (χ1n) is 4.17. The summed E-state index contributed by atoms with van der Waals surface area (Å²) in [5.41, 5.74) is 0. The van der Waals surface area contributed by atoms with E-state index in [0.29, 0.717) is 6.42 Å². The predicted octanol–water partition coefficient (Wildman–Crippen LogP) is 1.98. The van der Waals surface area contributed by atoms with Crippen molar-refractivity contribution in [1.29, 1.82) is 0 Å². The average molecular weight is 196 g/mol.